The fourth-order valence-electron chi connectivity index (χ4n) is 4.37. The summed E-state index contributed by atoms with van der Waals surface area (Å²) in [7, 11) is -7.92. The molecule has 3 aromatic rings. The Bertz CT molecular complexity index is 1430. The Morgan fingerprint density at radius 3 is 2.12 bits per heavy atom. The average molecular weight is 483 g/mol. The van der Waals surface area contributed by atoms with E-state index in [2.05, 4.69) is 5.32 Å². The van der Waals surface area contributed by atoms with Crippen LogP contribution in [0.2, 0.25) is 0 Å². The first-order chi connectivity index (χ1) is 15.8. The molecule has 0 bridgehead atoms. The van der Waals surface area contributed by atoms with Crippen LogP contribution in [0.15, 0.2) is 87.5 Å². The van der Waals surface area contributed by atoms with E-state index in [-0.39, 0.29) is 21.2 Å². The van der Waals surface area contributed by atoms with Crippen molar-refractivity contribution < 1.29 is 21.6 Å². The number of nitrogens with one attached hydrogen (secondary N) is 1. The second kappa shape index (κ2) is 8.00. The van der Waals surface area contributed by atoms with Gasteiger partial charge in [0.15, 0.2) is 0 Å². The van der Waals surface area contributed by atoms with E-state index in [9.17, 15) is 21.6 Å². The van der Waals surface area contributed by atoms with Gasteiger partial charge in [0.25, 0.3) is 10.0 Å². The summed E-state index contributed by atoms with van der Waals surface area (Å²) >= 11 is 0. The molecule has 1 unspecified atom stereocenters. The molecule has 1 atom stereocenters. The number of sulfone groups is 1. The summed E-state index contributed by atoms with van der Waals surface area (Å²) in [5.74, 6) is 0. The molecule has 0 aromatic heterocycles. The van der Waals surface area contributed by atoms with E-state index in [1.165, 1.54) is 29.8 Å². The monoisotopic (exact) mass is 482 g/mol. The van der Waals surface area contributed by atoms with Gasteiger partial charge in [-0.05, 0) is 72.4 Å². The Hall–Kier alpha value is -3.17. The lowest BCUT2D eigenvalue weighted by Gasteiger charge is -2.16. The second-order valence-corrected chi connectivity index (χ2v) is 12.0. The third-order valence-corrected chi connectivity index (χ3v) is 9.71. The van der Waals surface area contributed by atoms with Gasteiger partial charge in [-0.15, -0.1) is 0 Å². The number of benzene rings is 3. The lowest BCUT2D eigenvalue weighted by molar-refractivity contribution is 0.235. The minimum Gasteiger partial charge on any atom is -0.328 e. The van der Waals surface area contributed by atoms with Crippen LogP contribution in [0.4, 0.5) is 4.79 Å². The van der Waals surface area contributed by atoms with E-state index < -0.39 is 31.9 Å². The zero-order valence-electron chi connectivity index (χ0n) is 17.6. The molecule has 1 aliphatic heterocycles. The lowest BCUT2D eigenvalue weighted by Crippen LogP contribution is -2.34. The Labute approximate surface area is 193 Å². The van der Waals surface area contributed by atoms with Crippen molar-refractivity contribution in [2.75, 3.05) is 6.54 Å². The number of hydrogen-bond acceptors (Lipinski definition) is 5. The molecule has 1 aliphatic carbocycles. The maximum atomic E-state index is 13.1. The summed E-state index contributed by atoms with van der Waals surface area (Å²) in [5, 5.41) is 2.69. The van der Waals surface area contributed by atoms with Crippen LogP contribution in [0, 0.1) is 0 Å². The lowest BCUT2D eigenvalue weighted by atomic mass is 10.1. The topological polar surface area (TPSA) is 101 Å². The highest BCUT2D eigenvalue weighted by Gasteiger charge is 2.38. The number of aryl methyl sites for hydroxylation is 2. The predicted molar refractivity (Wildman–Crippen MR) is 122 cm³/mol. The Morgan fingerprint density at radius 2 is 1.39 bits per heavy atom. The van der Waals surface area contributed by atoms with Crippen LogP contribution in [0.3, 0.4) is 0 Å². The van der Waals surface area contributed by atoms with Crippen molar-refractivity contribution >= 4 is 25.9 Å². The average Bonchev–Trinajstić information content (AvgIpc) is 3.46. The highest BCUT2D eigenvalue weighted by molar-refractivity contribution is 7.91. The summed E-state index contributed by atoms with van der Waals surface area (Å²) in [6, 6.07) is 18.1. The highest BCUT2D eigenvalue weighted by atomic mass is 32.2. The molecule has 0 spiro atoms. The molecule has 2 aliphatic rings. The smallest absolute Gasteiger partial charge is 0.328 e. The third kappa shape index (κ3) is 3.81. The molecule has 33 heavy (non-hydrogen) atoms. The quantitative estimate of drug-likeness (QED) is 0.600. The molecular weight excluding hydrogens is 460 g/mol. The fraction of sp³-hybridized carbons (Fsp3) is 0.208. The number of sulfonamides is 1. The van der Waals surface area contributed by atoms with Crippen LogP contribution < -0.4 is 5.32 Å². The van der Waals surface area contributed by atoms with Crippen molar-refractivity contribution in [3.05, 3.63) is 89.5 Å². The Balaban J connectivity index is 1.40. The van der Waals surface area contributed by atoms with Gasteiger partial charge >= 0.3 is 6.03 Å². The van der Waals surface area contributed by atoms with Crippen molar-refractivity contribution in [3.8, 4) is 0 Å². The minimum atomic E-state index is -4.14. The molecule has 5 rings (SSSR count). The number of carbonyl (C=O) groups excluding carboxylic acids is 1. The molecule has 1 N–H and O–H groups in total. The van der Waals surface area contributed by atoms with Gasteiger partial charge in [-0.25, -0.2) is 25.9 Å². The standard InChI is InChI=1S/C24H22N2O5S2/c27-24-25-23(18-5-2-1-3-6-18)16-26(24)33(30,31)21-13-11-20(12-14-21)32(28,29)22-10-9-17-7-4-8-19(17)15-22/h1-3,5-6,9-15,23H,4,7-8,16H2,(H,25,27). The van der Waals surface area contributed by atoms with E-state index in [0.29, 0.717) is 0 Å². The molecule has 170 valence electrons. The van der Waals surface area contributed by atoms with Crippen LogP contribution in [0.5, 0.6) is 0 Å². The molecule has 1 heterocycles. The van der Waals surface area contributed by atoms with Gasteiger partial charge in [0, 0.05) is 0 Å². The molecule has 3 aromatic carbocycles. The van der Waals surface area contributed by atoms with Crippen molar-refractivity contribution in [1.82, 2.24) is 9.62 Å². The van der Waals surface area contributed by atoms with Gasteiger partial charge in [0.05, 0.1) is 27.3 Å². The van der Waals surface area contributed by atoms with Crippen LogP contribution in [-0.2, 0) is 32.7 Å². The second-order valence-electron chi connectivity index (χ2n) is 8.21. The van der Waals surface area contributed by atoms with Crippen molar-refractivity contribution in [3.63, 3.8) is 0 Å². The minimum absolute atomic E-state index is 0.00688. The van der Waals surface area contributed by atoms with Crippen molar-refractivity contribution in [2.24, 2.45) is 0 Å². The number of hydrogen-bond donors (Lipinski definition) is 1. The summed E-state index contributed by atoms with van der Waals surface area (Å²) in [6.45, 7) is -0.0413. The van der Waals surface area contributed by atoms with E-state index in [1.54, 1.807) is 12.1 Å². The van der Waals surface area contributed by atoms with Gasteiger partial charge < -0.3 is 5.32 Å². The van der Waals surface area contributed by atoms with E-state index in [4.69, 9.17) is 0 Å². The third-order valence-electron chi connectivity index (χ3n) is 6.18. The fourth-order valence-corrected chi connectivity index (χ4v) is 7.03. The van der Waals surface area contributed by atoms with Crippen molar-refractivity contribution in [1.29, 1.82) is 0 Å². The van der Waals surface area contributed by atoms with E-state index in [1.807, 2.05) is 36.4 Å². The molecule has 1 saturated heterocycles. The van der Waals surface area contributed by atoms with Crippen LogP contribution in [0.25, 0.3) is 0 Å². The van der Waals surface area contributed by atoms with Crippen LogP contribution >= 0.6 is 0 Å². The maximum absolute atomic E-state index is 13.1. The molecule has 0 saturated carbocycles. The number of urea groups is 1. The first-order valence-corrected chi connectivity index (χ1v) is 13.5. The normalized spacial score (nSPS) is 18.2. The number of rotatable bonds is 5. The maximum Gasteiger partial charge on any atom is 0.331 e. The Morgan fingerprint density at radius 1 is 0.758 bits per heavy atom. The van der Waals surface area contributed by atoms with Crippen LogP contribution in [0.1, 0.15) is 29.2 Å². The van der Waals surface area contributed by atoms with Crippen LogP contribution in [-0.4, -0.2) is 33.7 Å². The molecule has 0 radical (unpaired) electrons. The summed E-state index contributed by atoms with van der Waals surface area (Å²) in [4.78, 5) is 12.5. The van der Waals surface area contributed by atoms with E-state index >= 15 is 0 Å². The molecule has 1 fully saturated rings. The molecule has 7 nitrogen and oxygen atoms in total. The first-order valence-electron chi connectivity index (χ1n) is 10.6. The van der Waals surface area contributed by atoms with E-state index in [0.717, 1.165) is 34.7 Å². The molecule has 2 amide bonds. The SMILES string of the molecule is O=C1NC(c2ccccc2)CN1S(=O)(=O)c1ccc(S(=O)(=O)c2ccc3c(c2)CCC3)cc1. The molecule has 9 heteroatoms. The highest BCUT2D eigenvalue weighted by Crippen LogP contribution is 2.30. The summed E-state index contributed by atoms with van der Waals surface area (Å²) in [5.41, 5.74) is 3.02. The van der Waals surface area contributed by atoms with Gasteiger partial charge in [-0.3, -0.25) is 0 Å². The predicted octanol–water partition coefficient (Wildman–Crippen LogP) is 3.46. The van der Waals surface area contributed by atoms with Gasteiger partial charge in [0.1, 0.15) is 0 Å². The Kier molecular flexibility index (Phi) is 5.25. The van der Waals surface area contributed by atoms with Gasteiger partial charge in [-0.1, -0.05) is 36.4 Å². The zero-order chi connectivity index (χ0) is 23.2. The van der Waals surface area contributed by atoms with Gasteiger partial charge in [-0.2, -0.15) is 0 Å². The number of carbonyl (C=O) groups is 1. The largest absolute Gasteiger partial charge is 0.331 e. The number of fused-ring (bicyclic) bond motifs is 1. The summed E-state index contributed by atoms with van der Waals surface area (Å²) < 4.78 is 53.1. The van der Waals surface area contributed by atoms with Gasteiger partial charge in [0.2, 0.25) is 9.84 Å². The molecular formula is C24H22N2O5S2. The summed E-state index contributed by atoms with van der Waals surface area (Å²) in [6.07, 6.45) is 2.83. The zero-order valence-corrected chi connectivity index (χ0v) is 19.3. The number of amides is 2. The first kappa shape index (κ1) is 21.7. The van der Waals surface area contributed by atoms with Crippen molar-refractivity contribution in [2.45, 2.75) is 40.0 Å². The number of nitrogens with zero attached hydrogens (tertiary/aromatic N) is 1.